The van der Waals surface area contributed by atoms with Gasteiger partial charge in [0.05, 0.1) is 13.2 Å². The Morgan fingerprint density at radius 3 is 2.81 bits per heavy atom. The van der Waals surface area contributed by atoms with Gasteiger partial charge in [-0.1, -0.05) is 0 Å². The molecular formula is C23H33N7O2. The van der Waals surface area contributed by atoms with Gasteiger partial charge >= 0.3 is 0 Å². The molecule has 0 bridgehead atoms. The first kappa shape index (κ1) is 22.3. The largest absolute Gasteiger partial charge is 0.380 e. The molecule has 0 aromatic carbocycles. The van der Waals surface area contributed by atoms with Crippen molar-refractivity contribution in [3.8, 4) is 0 Å². The molecular weight excluding hydrogens is 406 g/mol. The number of carbonyl (C=O) groups is 1. The van der Waals surface area contributed by atoms with Crippen molar-refractivity contribution in [3.05, 3.63) is 42.4 Å². The third-order valence-electron chi connectivity index (χ3n) is 5.98. The SMILES string of the molecule is CCOCCn1c(NC2CCN(CCNC(=O)c3cccn3C)CC2)nc2cccnc21. The van der Waals surface area contributed by atoms with Crippen molar-refractivity contribution in [2.75, 3.05) is 44.7 Å². The molecule has 4 heterocycles. The normalized spacial score (nSPS) is 15.3. The maximum absolute atomic E-state index is 12.2. The zero-order chi connectivity index (χ0) is 22.3. The minimum Gasteiger partial charge on any atom is -0.380 e. The number of aromatic nitrogens is 4. The lowest BCUT2D eigenvalue weighted by atomic mass is 10.1. The van der Waals surface area contributed by atoms with Crippen molar-refractivity contribution in [2.45, 2.75) is 32.4 Å². The van der Waals surface area contributed by atoms with E-state index in [0.717, 1.165) is 56.1 Å². The standard InChI is InChI=1S/C23H33N7O2/c1-3-32-17-16-30-21-19(6-4-10-24-21)27-23(30)26-18-8-13-29(14-9-18)15-11-25-22(31)20-7-5-12-28(20)2/h4-7,10,12,18H,3,8-9,11,13-17H2,1-2H3,(H,25,31)(H,26,27). The van der Waals surface area contributed by atoms with Gasteiger partial charge in [-0.15, -0.1) is 0 Å². The van der Waals surface area contributed by atoms with E-state index in [1.807, 2.05) is 49.0 Å². The highest BCUT2D eigenvalue weighted by Crippen LogP contribution is 2.21. The number of nitrogens with zero attached hydrogens (tertiary/aromatic N) is 5. The van der Waals surface area contributed by atoms with Gasteiger partial charge in [0.1, 0.15) is 11.2 Å². The maximum atomic E-state index is 12.2. The number of ether oxygens (including phenoxy) is 1. The molecule has 0 saturated carbocycles. The number of amides is 1. The van der Waals surface area contributed by atoms with Crippen LogP contribution >= 0.6 is 0 Å². The Balaban J connectivity index is 1.27. The van der Waals surface area contributed by atoms with E-state index >= 15 is 0 Å². The van der Waals surface area contributed by atoms with E-state index in [0.29, 0.717) is 31.5 Å². The van der Waals surface area contributed by atoms with E-state index in [4.69, 9.17) is 9.72 Å². The Morgan fingerprint density at radius 2 is 2.06 bits per heavy atom. The van der Waals surface area contributed by atoms with Crippen molar-refractivity contribution >= 4 is 23.0 Å². The van der Waals surface area contributed by atoms with Crippen molar-refractivity contribution in [1.29, 1.82) is 0 Å². The molecule has 172 valence electrons. The molecule has 3 aromatic heterocycles. The number of likely N-dealkylation sites (tertiary alicyclic amines) is 1. The van der Waals surface area contributed by atoms with Crippen LogP contribution in [-0.4, -0.2) is 75.3 Å². The lowest BCUT2D eigenvalue weighted by Gasteiger charge is -2.32. The molecule has 1 amide bonds. The van der Waals surface area contributed by atoms with Crippen LogP contribution in [0.2, 0.25) is 0 Å². The van der Waals surface area contributed by atoms with Crippen LogP contribution < -0.4 is 10.6 Å². The second-order valence-corrected chi connectivity index (χ2v) is 8.15. The van der Waals surface area contributed by atoms with Crippen LogP contribution in [0.15, 0.2) is 36.7 Å². The summed E-state index contributed by atoms with van der Waals surface area (Å²) < 4.78 is 9.52. The second-order valence-electron chi connectivity index (χ2n) is 8.15. The quantitative estimate of drug-likeness (QED) is 0.471. The second kappa shape index (κ2) is 10.6. The fraction of sp³-hybridized carbons (Fsp3) is 0.522. The van der Waals surface area contributed by atoms with Gasteiger partial charge in [-0.2, -0.15) is 0 Å². The summed E-state index contributed by atoms with van der Waals surface area (Å²) in [6.45, 7) is 7.58. The lowest BCUT2D eigenvalue weighted by molar-refractivity contribution is 0.0938. The van der Waals surface area contributed by atoms with Gasteiger partial charge in [0.25, 0.3) is 5.91 Å². The van der Waals surface area contributed by atoms with Gasteiger partial charge in [-0.05, 0) is 44.0 Å². The monoisotopic (exact) mass is 439 g/mol. The van der Waals surface area contributed by atoms with Gasteiger partial charge in [0.2, 0.25) is 5.95 Å². The highest BCUT2D eigenvalue weighted by atomic mass is 16.5. The van der Waals surface area contributed by atoms with E-state index in [-0.39, 0.29) is 5.91 Å². The molecule has 1 aliphatic rings. The summed E-state index contributed by atoms with van der Waals surface area (Å²) in [5.74, 6) is 0.848. The van der Waals surface area contributed by atoms with E-state index < -0.39 is 0 Å². The summed E-state index contributed by atoms with van der Waals surface area (Å²) in [5, 5.41) is 6.66. The average Bonchev–Trinajstić information content (AvgIpc) is 3.38. The number of piperidine rings is 1. The zero-order valence-electron chi connectivity index (χ0n) is 19.0. The molecule has 0 unspecified atom stereocenters. The molecule has 0 aliphatic carbocycles. The fourth-order valence-electron chi connectivity index (χ4n) is 4.18. The summed E-state index contributed by atoms with van der Waals surface area (Å²) in [4.78, 5) is 23.9. The molecule has 3 aromatic rings. The van der Waals surface area contributed by atoms with Gasteiger partial charge in [-0.3, -0.25) is 9.36 Å². The number of pyridine rings is 1. The lowest BCUT2D eigenvalue weighted by Crippen LogP contribution is -2.43. The smallest absolute Gasteiger partial charge is 0.267 e. The fourth-order valence-corrected chi connectivity index (χ4v) is 4.18. The molecule has 0 atom stereocenters. The number of anilines is 1. The van der Waals surface area contributed by atoms with Crippen molar-refractivity contribution < 1.29 is 9.53 Å². The minimum atomic E-state index is -0.0198. The predicted octanol–water partition coefficient (Wildman–Crippen LogP) is 2.11. The average molecular weight is 440 g/mol. The van der Waals surface area contributed by atoms with Gasteiger partial charge in [0, 0.05) is 58.3 Å². The molecule has 0 spiro atoms. The van der Waals surface area contributed by atoms with Gasteiger partial charge in [-0.25, -0.2) is 9.97 Å². The zero-order valence-corrected chi connectivity index (χ0v) is 19.0. The Hall–Kier alpha value is -2.91. The Labute approximate surface area is 188 Å². The first-order valence-corrected chi connectivity index (χ1v) is 11.4. The van der Waals surface area contributed by atoms with Crippen LogP contribution in [0.5, 0.6) is 0 Å². The highest BCUT2D eigenvalue weighted by Gasteiger charge is 2.21. The molecule has 4 rings (SSSR count). The first-order chi connectivity index (χ1) is 15.7. The number of carbonyl (C=O) groups excluding carboxylic acids is 1. The number of imidazole rings is 1. The maximum Gasteiger partial charge on any atom is 0.267 e. The summed E-state index contributed by atoms with van der Waals surface area (Å²) in [6.07, 6.45) is 5.76. The Morgan fingerprint density at radius 1 is 1.22 bits per heavy atom. The molecule has 1 saturated heterocycles. The molecule has 2 N–H and O–H groups in total. The van der Waals surface area contributed by atoms with Crippen LogP contribution in [0.1, 0.15) is 30.3 Å². The van der Waals surface area contributed by atoms with Crippen LogP contribution in [0.3, 0.4) is 0 Å². The van der Waals surface area contributed by atoms with Crippen molar-refractivity contribution in [1.82, 2.24) is 29.3 Å². The Bertz CT molecular complexity index is 1020. The topological polar surface area (TPSA) is 89.2 Å². The number of rotatable bonds is 10. The number of hydrogen-bond acceptors (Lipinski definition) is 6. The minimum absolute atomic E-state index is 0.0198. The first-order valence-electron chi connectivity index (χ1n) is 11.4. The molecule has 0 radical (unpaired) electrons. The summed E-state index contributed by atoms with van der Waals surface area (Å²) in [7, 11) is 1.88. The van der Waals surface area contributed by atoms with Crippen LogP contribution in [0.25, 0.3) is 11.2 Å². The highest BCUT2D eigenvalue weighted by molar-refractivity contribution is 5.92. The van der Waals surface area contributed by atoms with E-state index in [1.165, 1.54) is 0 Å². The molecule has 9 nitrogen and oxygen atoms in total. The Kier molecular flexibility index (Phi) is 7.39. The molecule has 1 fully saturated rings. The third-order valence-corrected chi connectivity index (χ3v) is 5.98. The third kappa shape index (κ3) is 5.28. The molecule has 32 heavy (non-hydrogen) atoms. The predicted molar refractivity (Wildman–Crippen MR) is 125 cm³/mol. The molecule has 9 heteroatoms. The number of hydrogen-bond donors (Lipinski definition) is 2. The number of aryl methyl sites for hydroxylation is 1. The summed E-state index contributed by atoms with van der Waals surface area (Å²) in [6, 6.07) is 8.00. The van der Waals surface area contributed by atoms with E-state index in [9.17, 15) is 4.79 Å². The van der Waals surface area contributed by atoms with Crippen molar-refractivity contribution in [3.63, 3.8) is 0 Å². The van der Waals surface area contributed by atoms with E-state index in [1.54, 1.807) is 6.20 Å². The van der Waals surface area contributed by atoms with Crippen LogP contribution in [0.4, 0.5) is 5.95 Å². The van der Waals surface area contributed by atoms with Crippen molar-refractivity contribution in [2.24, 2.45) is 7.05 Å². The summed E-state index contributed by atoms with van der Waals surface area (Å²) in [5.41, 5.74) is 2.48. The number of fused-ring (bicyclic) bond motifs is 1. The number of nitrogens with one attached hydrogen (secondary N) is 2. The van der Waals surface area contributed by atoms with Gasteiger partial charge < -0.3 is 24.8 Å². The van der Waals surface area contributed by atoms with Crippen LogP contribution in [0, 0.1) is 0 Å². The summed E-state index contributed by atoms with van der Waals surface area (Å²) >= 11 is 0. The van der Waals surface area contributed by atoms with Crippen LogP contribution in [-0.2, 0) is 18.3 Å². The van der Waals surface area contributed by atoms with Gasteiger partial charge in [0.15, 0.2) is 5.65 Å². The molecule has 1 aliphatic heterocycles. The van der Waals surface area contributed by atoms with E-state index in [2.05, 4.69) is 25.1 Å².